The lowest BCUT2D eigenvalue weighted by Gasteiger charge is -2.14. The number of hydrogen-bond acceptors (Lipinski definition) is 2. The molecule has 0 saturated carbocycles. The summed E-state index contributed by atoms with van der Waals surface area (Å²) in [6.45, 7) is 9.40. The maximum atomic E-state index is 11.7. The van der Waals surface area contributed by atoms with Gasteiger partial charge in [-0.25, -0.2) is 0 Å². The van der Waals surface area contributed by atoms with Crippen molar-refractivity contribution in [1.82, 2.24) is 10.6 Å². The lowest BCUT2D eigenvalue weighted by molar-refractivity contribution is -0.125. The number of carbonyl (C=O) groups is 2. The summed E-state index contributed by atoms with van der Waals surface area (Å²) in [5.41, 5.74) is 0. The number of amides is 2. The normalized spacial score (nSPS) is 10.8. The van der Waals surface area contributed by atoms with Gasteiger partial charge in [-0.05, 0) is 32.1 Å². The average Bonchev–Trinajstić information content (AvgIpc) is 2.41. The summed E-state index contributed by atoms with van der Waals surface area (Å²) in [7, 11) is 0. The first-order valence-electron chi connectivity index (χ1n) is 7.65. The van der Waals surface area contributed by atoms with Crippen LogP contribution in [0.4, 0.5) is 0 Å². The van der Waals surface area contributed by atoms with Gasteiger partial charge < -0.3 is 10.6 Å². The molecule has 112 valence electrons. The van der Waals surface area contributed by atoms with Gasteiger partial charge >= 0.3 is 0 Å². The Kier molecular flexibility index (Phi) is 10.2. The van der Waals surface area contributed by atoms with Crippen molar-refractivity contribution in [3.05, 3.63) is 0 Å². The monoisotopic (exact) mass is 270 g/mol. The molecule has 0 aliphatic heterocycles. The fourth-order valence-electron chi connectivity index (χ4n) is 2.12. The zero-order valence-electron chi connectivity index (χ0n) is 12.9. The Hall–Kier alpha value is -1.06. The number of rotatable bonds is 10. The summed E-state index contributed by atoms with van der Waals surface area (Å²) in [6, 6.07) is 0. The standard InChI is InChI=1S/C15H30N2O2/c1-5-12(6-2)14(18)16-10-9-11-17-15(19)13(7-3)8-4/h12-13H,5-11H2,1-4H3,(H,16,18)(H,17,19). The van der Waals surface area contributed by atoms with E-state index in [0.717, 1.165) is 32.1 Å². The van der Waals surface area contributed by atoms with E-state index in [1.807, 2.05) is 27.7 Å². The molecule has 0 fully saturated rings. The highest BCUT2D eigenvalue weighted by Gasteiger charge is 2.14. The van der Waals surface area contributed by atoms with Crippen LogP contribution in [0.1, 0.15) is 59.8 Å². The second-order valence-corrected chi connectivity index (χ2v) is 4.96. The molecule has 0 aliphatic carbocycles. The molecule has 0 bridgehead atoms. The van der Waals surface area contributed by atoms with E-state index in [1.165, 1.54) is 0 Å². The molecule has 2 N–H and O–H groups in total. The molecule has 0 heterocycles. The highest BCUT2D eigenvalue weighted by Crippen LogP contribution is 2.07. The SMILES string of the molecule is CCC(CC)C(=O)NCCCNC(=O)C(CC)CC. The first kappa shape index (κ1) is 17.9. The predicted molar refractivity (Wildman–Crippen MR) is 78.8 cm³/mol. The average molecular weight is 270 g/mol. The van der Waals surface area contributed by atoms with Gasteiger partial charge in [0.25, 0.3) is 0 Å². The first-order valence-corrected chi connectivity index (χ1v) is 7.65. The molecule has 4 nitrogen and oxygen atoms in total. The van der Waals surface area contributed by atoms with Crippen molar-refractivity contribution < 1.29 is 9.59 Å². The quantitative estimate of drug-likeness (QED) is 0.599. The van der Waals surface area contributed by atoms with E-state index in [4.69, 9.17) is 0 Å². The lowest BCUT2D eigenvalue weighted by atomic mass is 10.0. The Labute approximate surface area is 117 Å². The van der Waals surface area contributed by atoms with Crippen LogP contribution in [-0.4, -0.2) is 24.9 Å². The second-order valence-electron chi connectivity index (χ2n) is 4.96. The third-order valence-electron chi connectivity index (χ3n) is 3.66. The zero-order valence-corrected chi connectivity index (χ0v) is 12.9. The minimum absolute atomic E-state index is 0.124. The van der Waals surface area contributed by atoms with E-state index in [0.29, 0.717) is 13.1 Å². The van der Waals surface area contributed by atoms with Crippen molar-refractivity contribution in [2.45, 2.75) is 59.8 Å². The Morgan fingerprint density at radius 3 is 1.32 bits per heavy atom. The fourth-order valence-corrected chi connectivity index (χ4v) is 2.12. The van der Waals surface area contributed by atoms with Crippen LogP contribution >= 0.6 is 0 Å². The molecular weight excluding hydrogens is 240 g/mol. The molecule has 0 aromatic carbocycles. The molecule has 4 heteroatoms. The van der Waals surface area contributed by atoms with Crippen molar-refractivity contribution in [2.24, 2.45) is 11.8 Å². The van der Waals surface area contributed by atoms with E-state index in [2.05, 4.69) is 10.6 Å². The van der Waals surface area contributed by atoms with Gasteiger partial charge in [-0.15, -0.1) is 0 Å². The number of carbonyl (C=O) groups excluding carboxylic acids is 2. The zero-order chi connectivity index (χ0) is 14.7. The van der Waals surface area contributed by atoms with Crippen LogP contribution in [0.5, 0.6) is 0 Å². The van der Waals surface area contributed by atoms with Crippen LogP contribution in [0, 0.1) is 11.8 Å². The summed E-state index contributed by atoms with van der Waals surface area (Å²) in [5.74, 6) is 0.519. The van der Waals surface area contributed by atoms with Crippen molar-refractivity contribution in [3.8, 4) is 0 Å². The van der Waals surface area contributed by atoms with Crippen molar-refractivity contribution in [1.29, 1.82) is 0 Å². The van der Waals surface area contributed by atoms with Crippen molar-refractivity contribution in [3.63, 3.8) is 0 Å². The minimum Gasteiger partial charge on any atom is -0.356 e. The van der Waals surface area contributed by atoms with Crippen molar-refractivity contribution in [2.75, 3.05) is 13.1 Å². The molecule has 0 saturated heterocycles. The van der Waals surface area contributed by atoms with Crippen LogP contribution < -0.4 is 10.6 Å². The lowest BCUT2D eigenvalue weighted by Crippen LogP contribution is -2.35. The van der Waals surface area contributed by atoms with Gasteiger partial charge in [0.15, 0.2) is 0 Å². The summed E-state index contributed by atoms with van der Waals surface area (Å²) in [6.07, 6.45) is 4.32. The maximum absolute atomic E-state index is 11.7. The topological polar surface area (TPSA) is 58.2 Å². The highest BCUT2D eigenvalue weighted by molar-refractivity contribution is 5.79. The van der Waals surface area contributed by atoms with E-state index >= 15 is 0 Å². The van der Waals surface area contributed by atoms with Gasteiger partial charge in [-0.1, -0.05) is 27.7 Å². The van der Waals surface area contributed by atoms with E-state index < -0.39 is 0 Å². The number of hydrogen-bond donors (Lipinski definition) is 2. The molecule has 0 aromatic heterocycles. The molecule has 0 unspecified atom stereocenters. The minimum atomic E-state index is 0.124. The van der Waals surface area contributed by atoms with E-state index in [-0.39, 0.29) is 23.7 Å². The molecular formula is C15H30N2O2. The van der Waals surface area contributed by atoms with Gasteiger partial charge in [0.2, 0.25) is 11.8 Å². The third-order valence-corrected chi connectivity index (χ3v) is 3.66. The van der Waals surface area contributed by atoms with Crippen LogP contribution in [0.15, 0.2) is 0 Å². The summed E-state index contributed by atoms with van der Waals surface area (Å²) >= 11 is 0. The first-order chi connectivity index (χ1) is 9.10. The van der Waals surface area contributed by atoms with E-state index in [9.17, 15) is 9.59 Å². The van der Waals surface area contributed by atoms with E-state index in [1.54, 1.807) is 0 Å². The molecule has 0 radical (unpaired) electrons. The molecule has 0 spiro atoms. The van der Waals surface area contributed by atoms with Crippen LogP contribution in [0.3, 0.4) is 0 Å². The molecule has 19 heavy (non-hydrogen) atoms. The van der Waals surface area contributed by atoms with Gasteiger partial charge in [-0.3, -0.25) is 9.59 Å². The molecule has 0 rings (SSSR count). The van der Waals surface area contributed by atoms with Crippen LogP contribution in [0.2, 0.25) is 0 Å². The Balaban J connectivity index is 3.70. The number of nitrogens with one attached hydrogen (secondary N) is 2. The largest absolute Gasteiger partial charge is 0.356 e. The van der Waals surface area contributed by atoms with Gasteiger partial charge in [0.05, 0.1) is 0 Å². The Bertz CT molecular complexity index is 233. The molecule has 2 amide bonds. The summed E-state index contributed by atoms with van der Waals surface area (Å²) in [5, 5.41) is 5.85. The summed E-state index contributed by atoms with van der Waals surface area (Å²) in [4.78, 5) is 23.4. The molecule has 0 aromatic rings. The van der Waals surface area contributed by atoms with Crippen LogP contribution in [-0.2, 0) is 9.59 Å². The van der Waals surface area contributed by atoms with Gasteiger partial charge in [0, 0.05) is 24.9 Å². The molecule has 0 atom stereocenters. The Morgan fingerprint density at radius 1 is 0.737 bits per heavy atom. The highest BCUT2D eigenvalue weighted by atomic mass is 16.2. The fraction of sp³-hybridized carbons (Fsp3) is 0.867. The maximum Gasteiger partial charge on any atom is 0.223 e. The third kappa shape index (κ3) is 7.19. The molecule has 0 aliphatic rings. The van der Waals surface area contributed by atoms with Crippen LogP contribution in [0.25, 0.3) is 0 Å². The van der Waals surface area contributed by atoms with Gasteiger partial charge in [0.1, 0.15) is 0 Å². The summed E-state index contributed by atoms with van der Waals surface area (Å²) < 4.78 is 0. The second kappa shape index (κ2) is 10.8. The smallest absolute Gasteiger partial charge is 0.223 e. The Morgan fingerprint density at radius 2 is 1.05 bits per heavy atom. The van der Waals surface area contributed by atoms with Crippen molar-refractivity contribution >= 4 is 11.8 Å². The predicted octanol–water partition coefficient (Wildman–Crippen LogP) is 2.48. The van der Waals surface area contributed by atoms with Gasteiger partial charge in [-0.2, -0.15) is 0 Å².